The molecule has 0 spiro atoms. The first-order valence-corrected chi connectivity index (χ1v) is 3.88. The summed E-state index contributed by atoms with van der Waals surface area (Å²) in [4.78, 5) is 0. The molecule has 1 rings (SSSR count). The van der Waals surface area contributed by atoms with Crippen LogP contribution >= 0.6 is 0 Å². The van der Waals surface area contributed by atoms with Crippen molar-refractivity contribution in [2.75, 3.05) is 0 Å². The van der Waals surface area contributed by atoms with Crippen LogP contribution in [0.25, 0.3) is 0 Å². The topological polar surface area (TPSA) is 12.0 Å². The molecule has 0 bridgehead atoms. The molecule has 0 aromatic rings. The summed E-state index contributed by atoms with van der Waals surface area (Å²) in [5.74, 6) is 0. The van der Waals surface area contributed by atoms with Gasteiger partial charge in [0.15, 0.2) is 0 Å². The Hall–Kier alpha value is -0.0400. The van der Waals surface area contributed by atoms with Crippen molar-refractivity contribution in [3.8, 4) is 0 Å². The highest BCUT2D eigenvalue weighted by molar-refractivity contribution is 4.77. The fourth-order valence-corrected chi connectivity index (χ4v) is 1.49. The number of hydrogen-bond acceptors (Lipinski definition) is 1. The van der Waals surface area contributed by atoms with Crippen LogP contribution in [0.4, 0.5) is 0 Å². The molecule has 53 valence electrons. The molecule has 0 amide bonds. The number of nitrogens with one attached hydrogen (secondary N) is 1. The summed E-state index contributed by atoms with van der Waals surface area (Å²) >= 11 is 0. The van der Waals surface area contributed by atoms with E-state index in [1.54, 1.807) is 0 Å². The van der Waals surface area contributed by atoms with Gasteiger partial charge >= 0.3 is 0 Å². The molecule has 1 fully saturated rings. The third kappa shape index (κ3) is 2.35. The first-order chi connectivity index (χ1) is 4.29. The van der Waals surface area contributed by atoms with Crippen LogP contribution in [0.1, 0.15) is 32.6 Å². The van der Waals surface area contributed by atoms with Crippen LogP contribution in [0.3, 0.4) is 0 Å². The minimum atomic E-state index is 0.424. The van der Waals surface area contributed by atoms with Crippen molar-refractivity contribution in [3.05, 3.63) is 6.92 Å². The molecule has 9 heavy (non-hydrogen) atoms. The fraction of sp³-hybridized carbons (Fsp3) is 0.875. The lowest BCUT2D eigenvalue weighted by Gasteiger charge is -2.14. The van der Waals surface area contributed by atoms with Gasteiger partial charge in [-0.05, 0) is 26.7 Å². The van der Waals surface area contributed by atoms with Gasteiger partial charge in [-0.15, -0.1) is 0 Å². The Morgan fingerprint density at radius 2 is 2.00 bits per heavy atom. The van der Waals surface area contributed by atoms with E-state index in [0.717, 1.165) is 6.04 Å². The van der Waals surface area contributed by atoms with Crippen LogP contribution in [0, 0.1) is 6.92 Å². The van der Waals surface area contributed by atoms with Gasteiger partial charge in [0.2, 0.25) is 0 Å². The highest BCUT2D eigenvalue weighted by Gasteiger charge is 2.14. The SMILES string of the molecule is [CH2]C(C)NC1CCCC1. The predicted molar refractivity (Wildman–Crippen MR) is 40.2 cm³/mol. The maximum absolute atomic E-state index is 3.89. The van der Waals surface area contributed by atoms with Crippen molar-refractivity contribution in [3.63, 3.8) is 0 Å². The van der Waals surface area contributed by atoms with Crippen molar-refractivity contribution >= 4 is 0 Å². The number of rotatable bonds is 2. The molecule has 1 nitrogen and oxygen atoms in total. The molecule has 1 heteroatoms. The zero-order valence-corrected chi connectivity index (χ0v) is 6.19. The summed E-state index contributed by atoms with van der Waals surface area (Å²) in [5, 5.41) is 3.43. The minimum Gasteiger partial charge on any atom is -0.312 e. The molecule has 0 saturated heterocycles. The normalized spacial score (nSPS) is 21.7. The molecular weight excluding hydrogens is 110 g/mol. The van der Waals surface area contributed by atoms with Gasteiger partial charge < -0.3 is 5.32 Å². The van der Waals surface area contributed by atoms with Gasteiger partial charge in [-0.2, -0.15) is 0 Å². The van der Waals surface area contributed by atoms with E-state index in [0.29, 0.717) is 6.04 Å². The van der Waals surface area contributed by atoms with E-state index in [2.05, 4.69) is 19.2 Å². The van der Waals surface area contributed by atoms with E-state index in [4.69, 9.17) is 0 Å². The first-order valence-electron chi connectivity index (χ1n) is 3.88. The fourth-order valence-electron chi connectivity index (χ4n) is 1.49. The molecule has 0 heterocycles. The van der Waals surface area contributed by atoms with E-state index >= 15 is 0 Å². The second-order valence-electron chi connectivity index (χ2n) is 3.05. The molecule has 1 unspecified atom stereocenters. The average Bonchev–Trinajstić information content (AvgIpc) is 2.15. The molecule has 0 aromatic carbocycles. The van der Waals surface area contributed by atoms with E-state index in [1.165, 1.54) is 25.7 Å². The van der Waals surface area contributed by atoms with Gasteiger partial charge in [0.25, 0.3) is 0 Å². The first kappa shape index (κ1) is 7.07. The Bertz CT molecular complexity index is 72.6. The highest BCUT2D eigenvalue weighted by Crippen LogP contribution is 2.17. The van der Waals surface area contributed by atoms with E-state index in [9.17, 15) is 0 Å². The standard InChI is InChI=1S/C8H16N/c1-7(2)9-8-5-3-4-6-8/h7-9H,1,3-6H2,2H3. The lowest BCUT2D eigenvalue weighted by Crippen LogP contribution is -2.32. The van der Waals surface area contributed by atoms with Gasteiger partial charge in [-0.25, -0.2) is 0 Å². The second kappa shape index (κ2) is 3.21. The predicted octanol–water partition coefficient (Wildman–Crippen LogP) is 1.74. The van der Waals surface area contributed by atoms with Gasteiger partial charge in [0.05, 0.1) is 0 Å². The monoisotopic (exact) mass is 126 g/mol. The molecule has 1 aliphatic rings. The molecule has 0 aliphatic heterocycles. The largest absolute Gasteiger partial charge is 0.312 e. The van der Waals surface area contributed by atoms with Crippen LogP contribution in [-0.2, 0) is 0 Å². The molecular formula is C8H16N. The Morgan fingerprint density at radius 3 is 2.44 bits per heavy atom. The van der Waals surface area contributed by atoms with Crippen LogP contribution in [0.2, 0.25) is 0 Å². The van der Waals surface area contributed by atoms with Crippen LogP contribution in [0.15, 0.2) is 0 Å². The molecule has 1 atom stereocenters. The lowest BCUT2D eigenvalue weighted by molar-refractivity contribution is 0.493. The smallest absolute Gasteiger partial charge is 0.00695 e. The van der Waals surface area contributed by atoms with E-state index < -0.39 is 0 Å². The van der Waals surface area contributed by atoms with Crippen molar-refractivity contribution in [2.24, 2.45) is 0 Å². The third-order valence-electron chi connectivity index (χ3n) is 1.88. The summed E-state index contributed by atoms with van der Waals surface area (Å²) in [6.07, 6.45) is 5.54. The zero-order chi connectivity index (χ0) is 6.69. The van der Waals surface area contributed by atoms with Crippen LogP contribution < -0.4 is 5.32 Å². The molecule has 1 aliphatic carbocycles. The summed E-state index contributed by atoms with van der Waals surface area (Å²) in [6, 6.07) is 1.20. The highest BCUT2D eigenvalue weighted by atomic mass is 14.9. The van der Waals surface area contributed by atoms with E-state index in [1.807, 2.05) is 0 Å². The minimum absolute atomic E-state index is 0.424. The van der Waals surface area contributed by atoms with E-state index in [-0.39, 0.29) is 0 Å². The van der Waals surface area contributed by atoms with Crippen molar-refractivity contribution in [1.29, 1.82) is 0 Å². The maximum atomic E-state index is 3.89. The summed E-state index contributed by atoms with van der Waals surface area (Å²) in [6.45, 7) is 6.00. The third-order valence-corrected chi connectivity index (χ3v) is 1.88. The Kier molecular flexibility index (Phi) is 2.52. The zero-order valence-electron chi connectivity index (χ0n) is 6.19. The molecule has 1 N–H and O–H groups in total. The van der Waals surface area contributed by atoms with Crippen molar-refractivity contribution in [1.82, 2.24) is 5.32 Å². The van der Waals surface area contributed by atoms with Crippen molar-refractivity contribution < 1.29 is 0 Å². The molecule has 0 aromatic heterocycles. The quantitative estimate of drug-likeness (QED) is 0.594. The van der Waals surface area contributed by atoms with Gasteiger partial charge in [0, 0.05) is 12.1 Å². The molecule has 1 radical (unpaired) electrons. The number of hydrogen-bond donors (Lipinski definition) is 1. The van der Waals surface area contributed by atoms with Gasteiger partial charge in [-0.3, -0.25) is 0 Å². The summed E-state index contributed by atoms with van der Waals surface area (Å²) in [7, 11) is 0. The lowest BCUT2D eigenvalue weighted by atomic mass is 10.2. The Labute approximate surface area is 57.8 Å². The van der Waals surface area contributed by atoms with Crippen molar-refractivity contribution in [2.45, 2.75) is 44.7 Å². The molecule has 1 saturated carbocycles. The van der Waals surface area contributed by atoms with Gasteiger partial charge in [-0.1, -0.05) is 12.8 Å². The average molecular weight is 126 g/mol. The summed E-state index contributed by atoms with van der Waals surface area (Å²) in [5.41, 5.74) is 0. The maximum Gasteiger partial charge on any atom is 0.00695 e. The Morgan fingerprint density at radius 1 is 1.44 bits per heavy atom. The summed E-state index contributed by atoms with van der Waals surface area (Å²) < 4.78 is 0. The second-order valence-corrected chi connectivity index (χ2v) is 3.05. The van der Waals surface area contributed by atoms with Gasteiger partial charge in [0.1, 0.15) is 0 Å². The van der Waals surface area contributed by atoms with Crippen LogP contribution in [-0.4, -0.2) is 12.1 Å². The van der Waals surface area contributed by atoms with Crippen LogP contribution in [0.5, 0.6) is 0 Å². The Balaban J connectivity index is 2.11.